The van der Waals surface area contributed by atoms with Crippen molar-refractivity contribution >= 4 is 17.7 Å². The van der Waals surface area contributed by atoms with Crippen LogP contribution in [0.15, 0.2) is 0 Å². The van der Waals surface area contributed by atoms with Crippen LogP contribution >= 0.6 is 11.8 Å². The Hall–Kier alpha value is -0.220. The highest BCUT2D eigenvalue weighted by atomic mass is 32.2. The van der Waals surface area contributed by atoms with E-state index in [0.29, 0.717) is 11.3 Å². The molecule has 88 valence electrons. The van der Waals surface area contributed by atoms with Crippen LogP contribution in [-0.2, 0) is 4.79 Å². The number of hydrogen-bond donors (Lipinski definition) is 1. The second-order valence-electron chi connectivity index (χ2n) is 4.45. The van der Waals surface area contributed by atoms with Gasteiger partial charge in [0.25, 0.3) is 0 Å². The fraction of sp³-hybridized carbons (Fsp3) is 0.909. The quantitative estimate of drug-likeness (QED) is 0.794. The molecule has 0 bridgehead atoms. The summed E-state index contributed by atoms with van der Waals surface area (Å²) in [5.41, 5.74) is 0. The Balaban J connectivity index is 2.42. The molecule has 0 aromatic heterocycles. The summed E-state index contributed by atoms with van der Waals surface area (Å²) in [6.45, 7) is 4.20. The Morgan fingerprint density at radius 2 is 2.20 bits per heavy atom. The maximum atomic E-state index is 11.7. The third-order valence-electron chi connectivity index (χ3n) is 2.88. The van der Waals surface area contributed by atoms with E-state index in [2.05, 4.69) is 12.2 Å². The van der Waals surface area contributed by atoms with Crippen LogP contribution < -0.4 is 5.32 Å². The minimum absolute atomic E-state index is 0.0638. The van der Waals surface area contributed by atoms with Crippen molar-refractivity contribution in [2.75, 3.05) is 19.8 Å². The lowest BCUT2D eigenvalue weighted by atomic mass is 10.1. The molecule has 1 heterocycles. The first-order valence-corrected chi connectivity index (χ1v) is 6.66. The van der Waals surface area contributed by atoms with Crippen molar-refractivity contribution in [2.24, 2.45) is 0 Å². The Morgan fingerprint density at radius 1 is 1.53 bits per heavy atom. The van der Waals surface area contributed by atoms with Crippen molar-refractivity contribution in [2.45, 2.75) is 44.0 Å². The molecule has 3 nitrogen and oxygen atoms in total. The monoisotopic (exact) mass is 230 g/mol. The van der Waals surface area contributed by atoms with Crippen LogP contribution in [0.2, 0.25) is 0 Å². The Kier molecular flexibility index (Phi) is 4.93. The minimum Gasteiger partial charge on any atom is -0.347 e. The molecule has 0 aliphatic carbocycles. The molecule has 15 heavy (non-hydrogen) atoms. The van der Waals surface area contributed by atoms with Crippen molar-refractivity contribution in [3.05, 3.63) is 0 Å². The topological polar surface area (TPSA) is 32.3 Å². The zero-order valence-electron chi connectivity index (χ0n) is 10.1. The molecule has 0 saturated carbocycles. The lowest BCUT2D eigenvalue weighted by Gasteiger charge is -2.32. The second-order valence-corrected chi connectivity index (χ2v) is 5.93. The van der Waals surface area contributed by atoms with Crippen molar-refractivity contribution in [1.29, 1.82) is 0 Å². The fourth-order valence-corrected chi connectivity index (χ4v) is 3.07. The van der Waals surface area contributed by atoms with Crippen LogP contribution in [0.3, 0.4) is 0 Å². The summed E-state index contributed by atoms with van der Waals surface area (Å²) < 4.78 is 0. The van der Waals surface area contributed by atoms with Gasteiger partial charge in [0, 0.05) is 25.4 Å². The molecule has 1 aliphatic rings. The molecule has 1 fully saturated rings. The van der Waals surface area contributed by atoms with E-state index in [1.807, 2.05) is 18.7 Å². The summed E-state index contributed by atoms with van der Waals surface area (Å²) in [4.78, 5) is 13.3. The molecule has 4 heteroatoms. The third kappa shape index (κ3) is 3.68. The second kappa shape index (κ2) is 5.75. The number of amides is 1. The zero-order valence-corrected chi connectivity index (χ0v) is 10.9. The average Bonchev–Trinajstić information content (AvgIpc) is 2.20. The molecule has 1 rings (SSSR count). The normalized spacial score (nSPS) is 28.5. The first-order valence-electron chi connectivity index (χ1n) is 5.61. The van der Waals surface area contributed by atoms with Gasteiger partial charge in [-0.15, -0.1) is 0 Å². The smallest absolute Gasteiger partial charge is 0.238 e. The lowest BCUT2D eigenvalue weighted by Crippen LogP contribution is -2.50. The van der Waals surface area contributed by atoms with E-state index in [4.69, 9.17) is 0 Å². The Morgan fingerprint density at radius 3 is 2.73 bits per heavy atom. The van der Waals surface area contributed by atoms with E-state index in [-0.39, 0.29) is 11.9 Å². The van der Waals surface area contributed by atoms with Crippen LogP contribution in [0, 0.1) is 0 Å². The van der Waals surface area contributed by atoms with Crippen LogP contribution in [0.5, 0.6) is 0 Å². The van der Waals surface area contributed by atoms with Gasteiger partial charge in [-0.25, -0.2) is 0 Å². The molecular weight excluding hydrogens is 208 g/mol. The van der Waals surface area contributed by atoms with E-state index in [1.54, 1.807) is 19.0 Å². The first kappa shape index (κ1) is 12.8. The number of nitrogens with one attached hydrogen (secondary N) is 1. The number of carbonyl (C=O) groups is 1. The zero-order chi connectivity index (χ0) is 11.4. The van der Waals surface area contributed by atoms with Gasteiger partial charge in [-0.2, -0.15) is 11.8 Å². The summed E-state index contributed by atoms with van der Waals surface area (Å²) in [6, 6.07) is 0.425. The van der Waals surface area contributed by atoms with Gasteiger partial charge in [0.05, 0.1) is 6.04 Å². The molecule has 0 radical (unpaired) electrons. The van der Waals surface area contributed by atoms with Crippen LogP contribution in [-0.4, -0.2) is 48.0 Å². The predicted octanol–water partition coefficient (Wildman–Crippen LogP) is 1.34. The molecule has 1 N–H and O–H groups in total. The summed E-state index contributed by atoms with van der Waals surface area (Å²) >= 11 is 2.00. The van der Waals surface area contributed by atoms with Crippen LogP contribution in [0.4, 0.5) is 0 Å². The predicted molar refractivity (Wildman–Crippen MR) is 66.2 cm³/mol. The van der Waals surface area contributed by atoms with E-state index in [1.165, 1.54) is 18.6 Å². The molecular formula is C11H22N2OS. The molecule has 1 amide bonds. The summed E-state index contributed by atoms with van der Waals surface area (Å²) in [7, 11) is 3.61. The summed E-state index contributed by atoms with van der Waals surface area (Å²) in [5.74, 6) is 1.42. The van der Waals surface area contributed by atoms with Gasteiger partial charge in [-0.05, 0) is 25.5 Å². The van der Waals surface area contributed by atoms with Crippen LogP contribution in [0.1, 0.15) is 26.7 Å². The number of carbonyl (C=O) groups excluding carboxylic acids is 1. The highest BCUT2D eigenvalue weighted by molar-refractivity contribution is 7.99. The number of nitrogens with zero attached hydrogens (tertiary/aromatic N) is 1. The molecule has 0 spiro atoms. The number of hydrogen-bond acceptors (Lipinski definition) is 3. The Bertz CT molecular complexity index is 221. The largest absolute Gasteiger partial charge is 0.347 e. The van der Waals surface area contributed by atoms with Crippen molar-refractivity contribution < 1.29 is 4.79 Å². The minimum atomic E-state index is -0.0638. The number of rotatable bonds is 3. The number of thioether (sulfide) groups is 1. The van der Waals surface area contributed by atoms with E-state index in [0.717, 1.165) is 0 Å². The lowest BCUT2D eigenvalue weighted by molar-refractivity contribution is -0.130. The SMILES string of the molecule is CC(NC1CCCSC1C)C(=O)N(C)C. The Labute approximate surface area is 97.0 Å². The van der Waals surface area contributed by atoms with Gasteiger partial charge in [0.1, 0.15) is 0 Å². The summed E-state index contributed by atoms with van der Waals surface area (Å²) in [6.07, 6.45) is 2.45. The molecule has 3 unspecified atom stereocenters. The summed E-state index contributed by atoms with van der Waals surface area (Å²) in [5, 5.41) is 4.06. The maximum Gasteiger partial charge on any atom is 0.238 e. The number of likely N-dealkylation sites (N-methyl/N-ethyl adjacent to an activating group) is 1. The maximum absolute atomic E-state index is 11.7. The molecule has 3 atom stereocenters. The van der Waals surface area contributed by atoms with Crippen molar-refractivity contribution in [3.63, 3.8) is 0 Å². The highest BCUT2D eigenvalue weighted by Crippen LogP contribution is 2.25. The van der Waals surface area contributed by atoms with Crippen molar-refractivity contribution in [3.8, 4) is 0 Å². The standard InChI is InChI=1S/C11H22N2OS/c1-8(11(14)13(3)4)12-10-6-5-7-15-9(10)2/h8-10,12H,5-7H2,1-4H3. The van der Waals surface area contributed by atoms with Crippen LogP contribution in [0.25, 0.3) is 0 Å². The van der Waals surface area contributed by atoms with Gasteiger partial charge in [0.2, 0.25) is 5.91 Å². The van der Waals surface area contributed by atoms with Gasteiger partial charge in [-0.1, -0.05) is 6.92 Å². The van der Waals surface area contributed by atoms with E-state index in [9.17, 15) is 4.79 Å². The fourth-order valence-electron chi connectivity index (χ4n) is 1.92. The highest BCUT2D eigenvalue weighted by Gasteiger charge is 2.25. The van der Waals surface area contributed by atoms with Gasteiger partial charge < -0.3 is 10.2 Å². The first-order chi connectivity index (χ1) is 7.02. The third-order valence-corrected chi connectivity index (χ3v) is 4.26. The van der Waals surface area contributed by atoms with E-state index >= 15 is 0 Å². The van der Waals surface area contributed by atoms with Gasteiger partial charge in [-0.3, -0.25) is 4.79 Å². The van der Waals surface area contributed by atoms with Gasteiger partial charge in [0.15, 0.2) is 0 Å². The molecule has 0 aromatic rings. The molecule has 1 saturated heterocycles. The average molecular weight is 230 g/mol. The molecule has 0 aromatic carbocycles. The van der Waals surface area contributed by atoms with Gasteiger partial charge >= 0.3 is 0 Å². The van der Waals surface area contributed by atoms with Crippen molar-refractivity contribution in [1.82, 2.24) is 10.2 Å². The van der Waals surface area contributed by atoms with E-state index < -0.39 is 0 Å². The molecule has 1 aliphatic heterocycles.